The molecule has 0 saturated heterocycles. The molecule has 0 aromatic heterocycles. The van der Waals surface area contributed by atoms with Crippen LogP contribution >= 0.6 is 0 Å². The van der Waals surface area contributed by atoms with Crippen LogP contribution in [0.4, 0.5) is 0 Å². The van der Waals surface area contributed by atoms with Gasteiger partial charge in [0.15, 0.2) is 0 Å². The minimum atomic E-state index is -0.0206. The molecule has 0 saturated carbocycles. The first-order valence-electron chi connectivity index (χ1n) is 5.71. The summed E-state index contributed by atoms with van der Waals surface area (Å²) in [6.45, 7) is 4.77. The Morgan fingerprint density at radius 3 is 2.44 bits per heavy atom. The Bertz CT molecular complexity index is 322. The zero-order valence-electron chi connectivity index (χ0n) is 9.94. The van der Waals surface area contributed by atoms with Crippen LogP contribution in [0.5, 0.6) is 0 Å². The molecular formula is C13H20N2O. The molecule has 1 unspecified atom stereocenters. The molecule has 0 fully saturated rings. The van der Waals surface area contributed by atoms with Crippen molar-refractivity contribution in [2.45, 2.75) is 26.3 Å². The van der Waals surface area contributed by atoms with Crippen LogP contribution in [0.1, 0.15) is 30.6 Å². The molecule has 3 N–H and O–H groups in total. The number of carbonyl (C=O) groups is 1. The van der Waals surface area contributed by atoms with Gasteiger partial charge in [0.1, 0.15) is 0 Å². The summed E-state index contributed by atoms with van der Waals surface area (Å²) in [6, 6.07) is 9.41. The van der Waals surface area contributed by atoms with Crippen molar-refractivity contribution in [2.75, 3.05) is 6.54 Å². The fourth-order valence-corrected chi connectivity index (χ4v) is 1.59. The molecule has 1 aromatic rings. The number of hydrogen-bond acceptors (Lipinski definition) is 2. The Morgan fingerprint density at radius 2 is 1.94 bits per heavy atom. The van der Waals surface area contributed by atoms with Gasteiger partial charge in [-0.25, -0.2) is 0 Å². The van der Waals surface area contributed by atoms with Crippen LogP contribution in [-0.4, -0.2) is 18.5 Å². The van der Waals surface area contributed by atoms with Crippen LogP contribution in [-0.2, 0) is 0 Å². The van der Waals surface area contributed by atoms with Gasteiger partial charge in [-0.1, -0.05) is 32.0 Å². The Kier molecular flexibility index (Phi) is 4.99. The van der Waals surface area contributed by atoms with Gasteiger partial charge in [-0.15, -0.1) is 0 Å². The fraction of sp³-hybridized carbons (Fsp3) is 0.462. The van der Waals surface area contributed by atoms with Gasteiger partial charge in [0.2, 0.25) is 0 Å². The number of nitrogens with one attached hydrogen (secondary N) is 1. The first kappa shape index (κ1) is 12.7. The van der Waals surface area contributed by atoms with E-state index < -0.39 is 0 Å². The van der Waals surface area contributed by atoms with Crippen molar-refractivity contribution in [1.82, 2.24) is 5.32 Å². The van der Waals surface area contributed by atoms with Crippen molar-refractivity contribution in [1.29, 1.82) is 0 Å². The van der Waals surface area contributed by atoms with Crippen molar-refractivity contribution in [2.24, 2.45) is 11.7 Å². The predicted octanol–water partition coefficient (Wildman–Crippen LogP) is 1.79. The van der Waals surface area contributed by atoms with Crippen molar-refractivity contribution >= 4 is 5.91 Å². The lowest BCUT2D eigenvalue weighted by Gasteiger charge is -2.21. The smallest absolute Gasteiger partial charge is 0.251 e. The number of nitrogens with two attached hydrogens (primary N) is 1. The summed E-state index contributed by atoms with van der Waals surface area (Å²) in [6.07, 6.45) is 0.816. The molecule has 0 aliphatic rings. The van der Waals surface area contributed by atoms with E-state index in [1.165, 1.54) is 0 Å². The van der Waals surface area contributed by atoms with Crippen LogP contribution in [0.2, 0.25) is 0 Å². The summed E-state index contributed by atoms with van der Waals surface area (Å²) in [5, 5.41) is 3.01. The normalized spacial score (nSPS) is 12.5. The molecule has 0 radical (unpaired) electrons. The second-order valence-electron chi connectivity index (χ2n) is 4.27. The highest BCUT2D eigenvalue weighted by Crippen LogP contribution is 2.07. The molecule has 88 valence electrons. The summed E-state index contributed by atoms with van der Waals surface area (Å²) in [5.41, 5.74) is 6.23. The number of benzene rings is 1. The molecule has 3 heteroatoms. The van der Waals surface area contributed by atoms with E-state index in [0.717, 1.165) is 6.42 Å². The van der Waals surface area contributed by atoms with Crippen molar-refractivity contribution < 1.29 is 4.79 Å². The van der Waals surface area contributed by atoms with E-state index in [2.05, 4.69) is 19.2 Å². The van der Waals surface area contributed by atoms with Crippen LogP contribution < -0.4 is 11.1 Å². The molecule has 0 aliphatic heterocycles. The highest BCUT2D eigenvalue weighted by Gasteiger charge is 2.15. The van der Waals surface area contributed by atoms with Crippen LogP contribution in [0.3, 0.4) is 0 Å². The highest BCUT2D eigenvalue weighted by molar-refractivity contribution is 5.94. The van der Waals surface area contributed by atoms with E-state index in [1.807, 2.05) is 30.3 Å². The van der Waals surface area contributed by atoms with E-state index in [4.69, 9.17) is 5.73 Å². The number of amides is 1. The molecule has 3 nitrogen and oxygen atoms in total. The Balaban J connectivity index is 2.62. The third-order valence-electron chi connectivity index (χ3n) is 2.63. The van der Waals surface area contributed by atoms with Gasteiger partial charge in [0, 0.05) is 11.6 Å². The van der Waals surface area contributed by atoms with Gasteiger partial charge < -0.3 is 11.1 Å². The summed E-state index contributed by atoms with van der Waals surface area (Å²) < 4.78 is 0. The zero-order chi connectivity index (χ0) is 12.0. The van der Waals surface area contributed by atoms with Crippen molar-refractivity contribution in [3.05, 3.63) is 35.9 Å². The quantitative estimate of drug-likeness (QED) is 0.795. The standard InChI is InChI=1S/C13H20N2O/c1-10(2)12(8-9-14)15-13(16)11-6-4-3-5-7-11/h3-7,10,12H,8-9,14H2,1-2H3,(H,15,16). The minimum Gasteiger partial charge on any atom is -0.349 e. The lowest BCUT2D eigenvalue weighted by Crippen LogP contribution is -2.39. The molecule has 0 spiro atoms. The molecule has 1 rings (SSSR count). The molecule has 1 amide bonds. The van der Waals surface area contributed by atoms with Gasteiger partial charge in [0.25, 0.3) is 5.91 Å². The zero-order valence-corrected chi connectivity index (χ0v) is 9.94. The molecular weight excluding hydrogens is 200 g/mol. The molecule has 1 aromatic carbocycles. The largest absolute Gasteiger partial charge is 0.349 e. The first-order chi connectivity index (χ1) is 7.65. The average molecular weight is 220 g/mol. The van der Waals surface area contributed by atoms with Crippen molar-refractivity contribution in [3.8, 4) is 0 Å². The van der Waals surface area contributed by atoms with Crippen LogP contribution in [0, 0.1) is 5.92 Å². The summed E-state index contributed by atoms with van der Waals surface area (Å²) in [5.74, 6) is 0.379. The Morgan fingerprint density at radius 1 is 1.31 bits per heavy atom. The number of rotatable bonds is 5. The maximum absolute atomic E-state index is 11.9. The fourth-order valence-electron chi connectivity index (χ4n) is 1.59. The lowest BCUT2D eigenvalue weighted by atomic mass is 10.0. The SMILES string of the molecule is CC(C)C(CCN)NC(=O)c1ccccc1. The lowest BCUT2D eigenvalue weighted by molar-refractivity contribution is 0.0924. The van der Waals surface area contributed by atoms with E-state index in [0.29, 0.717) is 18.0 Å². The van der Waals surface area contributed by atoms with Crippen molar-refractivity contribution in [3.63, 3.8) is 0 Å². The molecule has 0 aliphatic carbocycles. The van der Waals surface area contributed by atoms with Gasteiger partial charge in [-0.3, -0.25) is 4.79 Å². The summed E-state index contributed by atoms with van der Waals surface area (Å²) >= 11 is 0. The first-order valence-corrected chi connectivity index (χ1v) is 5.71. The second kappa shape index (κ2) is 6.28. The van der Waals surface area contributed by atoms with Crippen LogP contribution in [0.15, 0.2) is 30.3 Å². The molecule has 0 heterocycles. The Hall–Kier alpha value is -1.35. The van der Waals surface area contributed by atoms with Crippen LogP contribution in [0.25, 0.3) is 0 Å². The van der Waals surface area contributed by atoms with Gasteiger partial charge >= 0.3 is 0 Å². The second-order valence-corrected chi connectivity index (χ2v) is 4.27. The maximum Gasteiger partial charge on any atom is 0.251 e. The maximum atomic E-state index is 11.9. The highest BCUT2D eigenvalue weighted by atomic mass is 16.1. The average Bonchev–Trinajstić information content (AvgIpc) is 2.29. The number of carbonyl (C=O) groups excluding carboxylic acids is 1. The predicted molar refractivity (Wildman–Crippen MR) is 66.2 cm³/mol. The monoisotopic (exact) mass is 220 g/mol. The third-order valence-corrected chi connectivity index (χ3v) is 2.63. The van der Waals surface area contributed by atoms with E-state index in [-0.39, 0.29) is 11.9 Å². The van der Waals surface area contributed by atoms with E-state index in [1.54, 1.807) is 0 Å². The van der Waals surface area contributed by atoms with E-state index in [9.17, 15) is 4.79 Å². The topological polar surface area (TPSA) is 55.1 Å². The van der Waals surface area contributed by atoms with Gasteiger partial charge in [0.05, 0.1) is 0 Å². The number of hydrogen-bond donors (Lipinski definition) is 2. The van der Waals surface area contributed by atoms with E-state index >= 15 is 0 Å². The minimum absolute atomic E-state index is 0.0206. The molecule has 1 atom stereocenters. The Labute approximate surface area is 97.0 Å². The van der Waals surface area contributed by atoms with Gasteiger partial charge in [-0.2, -0.15) is 0 Å². The van der Waals surface area contributed by atoms with Gasteiger partial charge in [-0.05, 0) is 31.0 Å². The molecule has 16 heavy (non-hydrogen) atoms. The summed E-state index contributed by atoms with van der Waals surface area (Å²) in [4.78, 5) is 11.9. The summed E-state index contributed by atoms with van der Waals surface area (Å²) in [7, 11) is 0. The molecule has 0 bridgehead atoms. The third kappa shape index (κ3) is 3.66.